The topological polar surface area (TPSA) is 42.0 Å². The number of carbonyl (C=O) groups excluding carboxylic acids is 1. The molecule has 11 heavy (non-hydrogen) atoms. The van der Waals surface area contributed by atoms with Gasteiger partial charge >= 0.3 is 0 Å². The van der Waals surface area contributed by atoms with E-state index in [-0.39, 0.29) is 5.69 Å². The minimum absolute atomic E-state index is 0.263. The van der Waals surface area contributed by atoms with Gasteiger partial charge in [0.2, 0.25) is 0 Å². The maximum atomic E-state index is 10.3. The van der Waals surface area contributed by atoms with Crippen LogP contribution in [-0.2, 0) is 0 Å². The molecule has 4 heteroatoms. The Morgan fingerprint density at radius 1 is 1.64 bits per heavy atom. The number of hydrogen-bond donors (Lipinski definition) is 1. The van der Waals surface area contributed by atoms with Crippen LogP contribution in [0, 0.1) is 0 Å². The van der Waals surface area contributed by atoms with Gasteiger partial charge in [-0.3, -0.25) is 4.79 Å². The average Bonchev–Trinajstić information content (AvgIpc) is 2.05. The first-order chi connectivity index (χ1) is 5.27. The zero-order valence-electron chi connectivity index (χ0n) is 5.97. The van der Waals surface area contributed by atoms with E-state index in [1.165, 1.54) is 0 Å². The van der Waals surface area contributed by atoms with Crippen LogP contribution in [0.25, 0.3) is 0 Å². The van der Waals surface area contributed by atoms with Gasteiger partial charge in [0.15, 0.2) is 6.29 Å². The largest absolute Gasteiger partial charge is 0.373 e. The van der Waals surface area contributed by atoms with Crippen molar-refractivity contribution in [1.82, 2.24) is 4.98 Å². The van der Waals surface area contributed by atoms with E-state index in [0.29, 0.717) is 17.1 Å². The molecule has 0 saturated carbocycles. The lowest BCUT2D eigenvalue weighted by molar-refractivity contribution is 0.111. The molecule has 0 spiro atoms. The molecular formula is C7H7ClN2O. The lowest BCUT2D eigenvalue weighted by Crippen LogP contribution is -1.95. The van der Waals surface area contributed by atoms with E-state index in [9.17, 15) is 4.79 Å². The molecule has 0 fully saturated rings. The highest BCUT2D eigenvalue weighted by molar-refractivity contribution is 6.32. The van der Waals surface area contributed by atoms with Gasteiger partial charge in [-0.25, -0.2) is 4.98 Å². The summed E-state index contributed by atoms with van der Waals surface area (Å²) in [6.45, 7) is 0. The number of aromatic nitrogens is 1. The molecule has 0 atom stereocenters. The second-order valence-corrected chi connectivity index (χ2v) is 2.34. The molecule has 3 nitrogen and oxygen atoms in total. The van der Waals surface area contributed by atoms with Crippen LogP contribution in [0.15, 0.2) is 12.1 Å². The molecule has 0 aliphatic rings. The Hall–Kier alpha value is -1.09. The number of hydrogen-bond acceptors (Lipinski definition) is 3. The molecule has 1 rings (SSSR count). The minimum atomic E-state index is 0.263. The Morgan fingerprint density at radius 3 is 2.91 bits per heavy atom. The van der Waals surface area contributed by atoms with E-state index in [1.807, 2.05) is 0 Å². The van der Waals surface area contributed by atoms with Gasteiger partial charge in [0.1, 0.15) is 11.5 Å². The van der Waals surface area contributed by atoms with Crippen molar-refractivity contribution in [3.8, 4) is 0 Å². The standard InChI is InChI=1S/C7H7ClN2O/c1-9-7-3-2-5(8)6(4-11)10-7/h2-4H,1H3,(H,9,10). The van der Waals surface area contributed by atoms with Crippen LogP contribution in [-0.4, -0.2) is 18.3 Å². The van der Waals surface area contributed by atoms with Crippen LogP contribution in [0.1, 0.15) is 10.5 Å². The summed E-state index contributed by atoms with van der Waals surface area (Å²) < 4.78 is 0. The van der Waals surface area contributed by atoms with Crippen molar-refractivity contribution in [3.05, 3.63) is 22.8 Å². The van der Waals surface area contributed by atoms with E-state index < -0.39 is 0 Å². The van der Waals surface area contributed by atoms with E-state index in [0.717, 1.165) is 0 Å². The molecule has 1 aromatic rings. The third kappa shape index (κ3) is 1.68. The molecule has 58 valence electrons. The number of anilines is 1. The summed E-state index contributed by atoms with van der Waals surface area (Å²) >= 11 is 5.63. The van der Waals surface area contributed by atoms with Crippen molar-refractivity contribution in [2.75, 3.05) is 12.4 Å². The van der Waals surface area contributed by atoms with E-state index >= 15 is 0 Å². The minimum Gasteiger partial charge on any atom is -0.373 e. The molecule has 0 aromatic carbocycles. The summed E-state index contributed by atoms with van der Waals surface area (Å²) in [5.41, 5.74) is 0.263. The monoisotopic (exact) mass is 170 g/mol. The zero-order chi connectivity index (χ0) is 8.27. The maximum absolute atomic E-state index is 10.3. The number of rotatable bonds is 2. The first-order valence-electron chi connectivity index (χ1n) is 3.07. The summed E-state index contributed by atoms with van der Waals surface area (Å²) in [6.07, 6.45) is 0.628. The van der Waals surface area contributed by atoms with Crippen molar-refractivity contribution in [3.63, 3.8) is 0 Å². The fraction of sp³-hybridized carbons (Fsp3) is 0.143. The summed E-state index contributed by atoms with van der Waals surface area (Å²) in [4.78, 5) is 14.2. The Labute approximate surface area is 69.4 Å². The van der Waals surface area contributed by atoms with Crippen LogP contribution in [0.4, 0.5) is 5.82 Å². The number of aldehydes is 1. The molecule has 0 radical (unpaired) electrons. The first kappa shape index (κ1) is 8.01. The number of nitrogens with one attached hydrogen (secondary N) is 1. The lowest BCUT2D eigenvalue weighted by atomic mass is 10.3. The smallest absolute Gasteiger partial charge is 0.170 e. The van der Waals surface area contributed by atoms with Crippen molar-refractivity contribution in [1.29, 1.82) is 0 Å². The van der Waals surface area contributed by atoms with Crippen molar-refractivity contribution < 1.29 is 4.79 Å². The quantitative estimate of drug-likeness (QED) is 0.686. The molecular weight excluding hydrogens is 164 g/mol. The van der Waals surface area contributed by atoms with Gasteiger partial charge in [-0.05, 0) is 12.1 Å². The van der Waals surface area contributed by atoms with Crippen LogP contribution >= 0.6 is 11.6 Å². The van der Waals surface area contributed by atoms with Gasteiger partial charge in [-0.1, -0.05) is 11.6 Å². The SMILES string of the molecule is CNc1ccc(Cl)c(C=O)n1. The normalized spacial score (nSPS) is 9.27. The van der Waals surface area contributed by atoms with Gasteiger partial charge < -0.3 is 5.32 Å². The van der Waals surface area contributed by atoms with Crippen LogP contribution in [0.5, 0.6) is 0 Å². The predicted molar refractivity (Wildman–Crippen MR) is 44.2 cm³/mol. The summed E-state index contributed by atoms with van der Waals surface area (Å²) in [7, 11) is 1.73. The van der Waals surface area contributed by atoms with Gasteiger partial charge in [-0.2, -0.15) is 0 Å². The fourth-order valence-electron chi connectivity index (χ4n) is 0.680. The molecule has 0 aliphatic heterocycles. The Bertz CT molecular complexity index is 275. The van der Waals surface area contributed by atoms with E-state index in [2.05, 4.69) is 10.3 Å². The average molecular weight is 171 g/mol. The molecule has 0 unspecified atom stereocenters. The lowest BCUT2D eigenvalue weighted by Gasteiger charge is -1.99. The Balaban J connectivity index is 3.12. The van der Waals surface area contributed by atoms with Crippen LogP contribution in [0.3, 0.4) is 0 Å². The fourth-order valence-corrected chi connectivity index (χ4v) is 0.830. The number of halogens is 1. The van der Waals surface area contributed by atoms with Gasteiger partial charge in [0.05, 0.1) is 5.02 Å². The van der Waals surface area contributed by atoms with Gasteiger partial charge in [0.25, 0.3) is 0 Å². The second kappa shape index (κ2) is 3.34. The second-order valence-electron chi connectivity index (χ2n) is 1.93. The number of nitrogens with zero attached hydrogens (tertiary/aromatic N) is 1. The molecule has 1 aromatic heterocycles. The summed E-state index contributed by atoms with van der Waals surface area (Å²) in [6, 6.07) is 3.33. The molecule has 0 amide bonds. The van der Waals surface area contributed by atoms with Crippen molar-refractivity contribution >= 4 is 23.7 Å². The van der Waals surface area contributed by atoms with Crippen LogP contribution < -0.4 is 5.32 Å². The van der Waals surface area contributed by atoms with Crippen molar-refractivity contribution in [2.45, 2.75) is 0 Å². The first-order valence-corrected chi connectivity index (χ1v) is 3.45. The van der Waals surface area contributed by atoms with E-state index in [1.54, 1.807) is 19.2 Å². The Morgan fingerprint density at radius 2 is 2.36 bits per heavy atom. The summed E-state index contributed by atoms with van der Waals surface area (Å²) in [5, 5.41) is 3.17. The highest BCUT2D eigenvalue weighted by Gasteiger charge is 2.00. The Kier molecular flexibility index (Phi) is 2.44. The maximum Gasteiger partial charge on any atom is 0.170 e. The van der Waals surface area contributed by atoms with Crippen molar-refractivity contribution in [2.24, 2.45) is 0 Å². The molecule has 0 aliphatic carbocycles. The van der Waals surface area contributed by atoms with Gasteiger partial charge in [-0.15, -0.1) is 0 Å². The number of carbonyl (C=O) groups is 1. The highest BCUT2D eigenvalue weighted by atomic mass is 35.5. The zero-order valence-corrected chi connectivity index (χ0v) is 6.72. The predicted octanol–water partition coefficient (Wildman–Crippen LogP) is 1.59. The number of pyridine rings is 1. The van der Waals surface area contributed by atoms with Crippen LogP contribution in [0.2, 0.25) is 5.02 Å². The molecule has 0 saturated heterocycles. The molecule has 1 N–H and O–H groups in total. The third-order valence-corrected chi connectivity index (χ3v) is 1.56. The molecule has 0 bridgehead atoms. The van der Waals surface area contributed by atoms with E-state index in [4.69, 9.17) is 11.6 Å². The third-order valence-electron chi connectivity index (χ3n) is 1.24. The summed E-state index contributed by atoms with van der Waals surface area (Å²) in [5.74, 6) is 0.636. The highest BCUT2D eigenvalue weighted by Crippen LogP contribution is 2.13. The molecule has 1 heterocycles. The van der Waals surface area contributed by atoms with Gasteiger partial charge in [0, 0.05) is 7.05 Å².